The van der Waals surface area contributed by atoms with Gasteiger partial charge in [0.15, 0.2) is 0 Å². The Morgan fingerprint density at radius 2 is 2.04 bits per heavy atom. The van der Waals surface area contributed by atoms with Gasteiger partial charge >= 0.3 is 6.61 Å². The number of fused-ring (bicyclic) bond motifs is 9. The lowest BCUT2D eigenvalue weighted by Crippen LogP contribution is -2.36. The fourth-order valence-electron chi connectivity index (χ4n) is 4.35. The predicted molar refractivity (Wildman–Crippen MR) is 101 cm³/mol. The molecule has 3 heterocycles. The summed E-state index contributed by atoms with van der Waals surface area (Å²) in [6.07, 6.45) is 1.48. The average molecular weight is 426 g/mol. The number of hydrogen-bond acceptors (Lipinski definition) is 4. The number of anilines is 1. The highest BCUT2D eigenvalue weighted by Gasteiger charge is 2.48. The molecule has 0 unspecified atom stereocenters. The second-order valence-electron chi connectivity index (χ2n) is 6.87. The standard InChI is InChI=1S/C18H14ClF2N3O3S/c1-28(25,26)24-11-3-2-4-15(27-18(20)21)16(11)13-8-14(24)17-22-10-6-5-9(19)7-12(10)23(13)17/h2-7,13-14,18H,8H2,1H3/t13-,14-/m1/s1. The van der Waals surface area contributed by atoms with Gasteiger partial charge in [-0.2, -0.15) is 8.78 Å². The number of benzene rings is 2. The molecule has 6 nitrogen and oxygen atoms in total. The molecule has 28 heavy (non-hydrogen) atoms. The molecule has 146 valence electrons. The first-order chi connectivity index (χ1) is 13.3. The molecule has 0 fully saturated rings. The van der Waals surface area contributed by atoms with Gasteiger partial charge < -0.3 is 9.30 Å². The van der Waals surface area contributed by atoms with Crippen molar-refractivity contribution in [3.05, 3.63) is 52.8 Å². The van der Waals surface area contributed by atoms with Gasteiger partial charge in [0.05, 0.1) is 29.0 Å². The smallest absolute Gasteiger partial charge is 0.387 e. The van der Waals surface area contributed by atoms with Crippen molar-refractivity contribution in [3.8, 4) is 5.75 Å². The molecule has 2 bridgehead atoms. The molecule has 0 aliphatic carbocycles. The quantitative estimate of drug-likeness (QED) is 0.633. The van der Waals surface area contributed by atoms with Crippen molar-refractivity contribution >= 4 is 38.3 Å². The molecule has 2 aliphatic rings. The van der Waals surface area contributed by atoms with Gasteiger partial charge in [-0.25, -0.2) is 13.4 Å². The van der Waals surface area contributed by atoms with Crippen LogP contribution in [0.5, 0.6) is 5.75 Å². The Morgan fingerprint density at radius 1 is 1.25 bits per heavy atom. The number of halogens is 3. The first-order valence-corrected chi connectivity index (χ1v) is 10.7. The van der Waals surface area contributed by atoms with E-state index in [0.717, 1.165) is 11.8 Å². The van der Waals surface area contributed by atoms with E-state index in [4.69, 9.17) is 16.3 Å². The molecule has 10 heteroatoms. The van der Waals surface area contributed by atoms with Crippen molar-refractivity contribution in [2.45, 2.75) is 25.1 Å². The Morgan fingerprint density at radius 3 is 2.75 bits per heavy atom. The van der Waals surface area contributed by atoms with Gasteiger partial charge in [0.25, 0.3) is 0 Å². The minimum atomic E-state index is -3.70. The van der Waals surface area contributed by atoms with Crippen LogP contribution in [0.4, 0.5) is 14.5 Å². The maximum atomic E-state index is 13.0. The van der Waals surface area contributed by atoms with Crippen LogP contribution in [0.1, 0.15) is 29.9 Å². The predicted octanol–water partition coefficient (Wildman–Crippen LogP) is 4.10. The van der Waals surface area contributed by atoms with Gasteiger partial charge in [0.1, 0.15) is 17.6 Å². The van der Waals surface area contributed by atoms with Gasteiger partial charge in [-0.1, -0.05) is 17.7 Å². The first-order valence-electron chi connectivity index (χ1n) is 8.50. The van der Waals surface area contributed by atoms with E-state index in [1.807, 2.05) is 4.57 Å². The van der Waals surface area contributed by atoms with E-state index in [2.05, 4.69) is 4.98 Å². The van der Waals surface area contributed by atoms with E-state index >= 15 is 0 Å². The molecule has 1 aromatic heterocycles. The number of ether oxygens (including phenoxy) is 1. The Balaban J connectivity index is 1.84. The van der Waals surface area contributed by atoms with E-state index in [-0.39, 0.29) is 11.8 Å². The second-order valence-corrected chi connectivity index (χ2v) is 9.16. The van der Waals surface area contributed by atoms with Gasteiger partial charge in [-0.15, -0.1) is 0 Å². The SMILES string of the molecule is CS(=O)(=O)N1c2cccc(OC(F)F)c2[C@H]2C[C@@H]1c1nc3ccc(Cl)cc3n12. The number of hydrogen-bond donors (Lipinski definition) is 0. The molecular formula is C18H14ClF2N3O3S. The summed E-state index contributed by atoms with van der Waals surface area (Å²) < 4.78 is 59.2. The number of rotatable bonds is 3. The van der Waals surface area contributed by atoms with Crippen LogP contribution < -0.4 is 9.04 Å². The van der Waals surface area contributed by atoms with Gasteiger partial charge in [0.2, 0.25) is 10.0 Å². The summed E-state index contributed by atoms with van der Waals surface area (Å²) in [5, 5.41) is 0.508. The highest BCUT2D eigenvalue weighted by Crippen LogP contribution is 2.55. The maximum Gasteiger partial charge on any atom is 0.387 e. The Bertz CT molecular complexity index is 1230. The van der Waals surface area contributed by atoms with Crippen LogP contribution in [0.3, 0.4) is 0 Å². The van der Waals surface area contributed by atoms with E-state index in [0.29, 0.717) is 34.0 Å². The topological polar surface area (TPSA) is 64.4 Å². The third kappa shape index (κ3) is 2.42. The zero-order valence-electron chi connectivity index (χ0n) is 14.5. The van der Waals surface area contributed by atoms with Crippen LogP contribution in [0.15, 0.2) is 36.4 Å². The molecule has 5 rings (SSSR count). The van der Waals surface area contributed by atoms with Gasteiger partial charge in [-0.05, 0) is 30.3 Å². The molecule has 3 aromatic rings. The van der Waals surface area contributed by atoms with E-state index in [9.17, 15) is 17.2 Å². The highest BCUT2D eigenvalue weighted by atomic mass is 35.5. The average Bonchev–Trinajstić information content (AvgIpc) is 3.10. The third-order valence-corrected chi connectivity index (χ3v) is 6.61. The summed E-state index contributed by atoms with van der Waals surface area (Å²) >= 11 is 6.15. The largest absolute Gasteiger partial charge is 0.434 e. The van der Waals surface area contributed by atoms with Crippen molar-refractivity contribution in [2.24, 2.45) is 0 Å². The zero-order valence-corrected chi connectivity index (χ0v) is 16.1. The van der Waals surface area contributed by atoms with Crippen LogP contribution in [0.2, 0.25) is 5.02 Å². The van der Waals surface area contributed by atoms with E-state index in [1.165, 1.54) is 16.4 Å². The zero-order chi connectivity index (χ0) is 19.8. The fourth-order valence-corrected chi connectivity index (χ4v) is 5.68. The summed E-state index contributed by atoms with van der Waals surface area (Å²) in [6.45, 7) is -3.02. The van der Waals surface area contributed by atoms with E-state index < -0.39 is 22.7 Å². The van der Waals surface area contributed by atoms with Crippen LogP contribution in [-0.4, -0.2) is 30.8 Å². The third-order valence-electron chi connectivity index (χ3n) is 5.21. The summed E-state index contributed by atoms with van der Waals surface area (Å²) in [4.78, 5) is 4.62. The number of alkyl halides is 2. The Labute approximate surface area is 164 Å². The van der Waals surface area contributed by atoms with Crippen molar-refractivity contribution in [1.29, 1.82) is 0 Å². The van der Waals surface area contributed by atoms with Crippen LogP contribution in [-0.2, 0) is 10.0 Å². The molecule has 0 N–H and O–H groups in total. The summed E-state index contributed by atoms with van der Waals surface area (Å²) in [5.41, 5.74) is 2.13. The molecule has 0 radical (unpaired) electrons. The molecular weight excluding hydrogens is 412 g/mol. The normalized spacial score (nSPS) is 20.5. The Kier molecular flexibility index (Phi) is 3.67. The highest BCUT2D eigenvalue weighted by molar-refractivity contribution is 7.92. The summed E-state index contributed by atoms with van der Waals surface area (Å²) in [5.74, 6) is 0.521. The minimum Gasteiger partial charge on any atom is -0.434 e. The molecule has 0 saturated heterocycles. The van der Waals surface area contributed by atoms with Crippen molar-refractivity contribution < 1.29 is 21.9 Å². The van der Waals surface area contributed by atoms with Crippen LogP contribution in [0.25, 0.3) is 11.0 Å². The lowest BCUT2D eigenvalue weighted by molar-refractivity contribution is -0.0506. The lowest BCUT2D eigenvalue weighted by atomic mass is 9.95. The molecule has 2 aromatic carbocycles. The second kappa shape index (κ2) is 5.81. The van der Waals surface area contributed by atoms with Crippen molar-refractivity contribution in [3.63, 3.8) is 0 Å². The number of sulfonamides is 1. The van der Waals surface area contributed by atoms with Gasteiger partial charge in [-0.3, -0.25) is 4.31 Å². The molecule has 2 aliphatic heterocycles. The van der Waals surface area contributed by atoms with Crippen LogP contribution >= 0.6 is 11.6 Å². The number of aromatic nitrogens is 2. The molecule has 2 atom stereocenters. The number of imidazole rings is 1. The minimum absolute atomic E-state index is 0.0404. The Hall–Kier alpha value is -2.39. The van der Waals surface area contributed by atoms with Crippen molar-refractivity contribution in [2.75, 3.05) is 10.6 Å². The van der Waals surface area contributed by atoms with Gasteiger partial charge in [0, 0.05) is 17.0 Å². The summed E-state index contributed by atoms with van der Waals surface area (Å²) in [6, 6.07) is 8.84. The number of nitrogens with zero attached hydrogens (tertiary/aromatic N) is 3. The molecule has 0 saturated carbocycles. The monoisotopic (exact) mass is 425 g/mol. The molecule has 0 amide bonds. The van der Waals surface area contributed by atoms with E-state index in [1.54, 1.807) is 24.3 Å². The fraction of sp³-hybridized carbons (Fsp3) is 0.278. The lowest BCUT2D eigenvalue weighted by Gasteiger charge is -2.35. The maximum absolute atomic E-state index is 13.0. The summed E-state index contributed by atoms with van der Waals surface area (Å²) in [7, 11) is -3.70. The van der Waals surface area contributed by atoms with Crippen LogP contribution in [0, 0.1) is 0 Å². The van der Waals surface area contributed by atoms with Crippen molar-refractivity contribution in [1.82, 2.24) is 9.55 Å². The first kappa shape index (κ1) is 17.7. The molecule has 0 spiro atoms.